The van der Waals surface area contributed by atoms with E-state index in [9.17, 15) is 0 Å². The fourth-order valence-electron chi connectivity index (χ4n) is 5.55. The second-order valence-corrected chi connectivity index (χ2v) is 17.3. The second-order valence-electron chi connectivity index (χ2n) is 11.4. The molecule has 0 aliphatic rings. The van der Waals surface area contributed by atoms with E-state index in [0.29, 0.717) is 5.41 Å². The molecular formula is C29H66O6Si3. The van der Waals surface area contributed by atoms with E-state index in [1.807, 2.05) is 0 Å². The highest BCUT2D eigenvalue weighted by Gasteiger charge is 2.23. The third kappa shape index (κ3) is 22.1. The average Bonchev–Trinajstić information content (AvgIpc) is 2.93. The van der Waals surface area contributed by atoms with Gasteiger partial charge in [0.1, 0.15) is 17.7 Å². The van der Waals surface area contributed by atoms with Crippen molar-refractivity contribution in [1.29, 1.82) is 0 Å². The lowest BCUT2D eigenvalue weighted by molar-refractivity contribution is -0.0442. The molecule has 0 rings (SSSR count). The summed E-state index contributed by atoms with van der Waals surface area (Å²) in [6.07, 6.45) is 20.6. The molecular weight excluding hydrogens is 529 g/mol. The van der Waals surface area contributed by atoms with Gasteiger partial charge >= 0.3 is 0 Å². The third-order valence-corrected chi connectivity index (χ3v) is 14.4. The van der Waals surface area contributed by atoms with Gasteiger partial charge in [0.15, 0.2) is 0 Å². The Morgan fingerprint density at radius 1 is 0.395 bits per heavy atom. The summed E-state index contributed by atoms with van der Waals surface area (Å²) in [7, 11) is 9.81. The zero-order valence-electron chi connectivity index (χ0n) is 26.5. The summed E-state index contributed by atoms with van der Waals surface area (Å²) in [5.41, 5.74) is 0.518. The van der Waals surface area contributed by atoms with Crippen LogP contribution < -0.4 is 0 Å². The minimum absolute atomic E-state index is 0.103. The predicted molar refractivity (Wildman–Crippen MR) is 171 cm³/mol. The molecule has 0 atom stereocenters. The minimum atomic E-state index is -0.260. The first-order valence-electron chi connectivity index (χ1n) is 15.6. The van der Waals surface area contributed by atoms with Gasteiger partial charge in [-0.15, -0.1) is 0 Å². The van der Waals surface area contributed by atoms with Crippen molar-refractivity contribution in [3.63, 3.8) is 0 Å². The quantitative estimate of drug-likeness (QED) is 0.0636. The van der Waals surface area contributed by atoms with Gasteiger partial charge in [-0.2, -0.15) is 0 Å². The van der Waals surface area contributed by atoms with Crippen LogP contribution in [0.25, 0.3) is 0 Å². The van der Waals surface area contributed by atoms with Crippen LogP contribution in [0.4, 0.5) is 0 Å². The molecule has 0 bridgehead atoms. The van der Waals surface area contributed by atoms with Gasteiger partial charge in [-0.25, -0.2) is 0 Å². The van der Waals surface area contributed by atoms with Gasteiger partial charge in [-0.05, 0) is 24.7 Å². The maximum absolute atomic E-state index is 5.37. The van der Waals surface area contributed by atoms with Crippen molar-refractivity contribution in [2.75, 3.05) is 42.7 Å². The molecule has 0 fully saturated rings. The molecule has 0 saturated carbocycles. The number of ether oxygens (including phenoxy) is 6. The molecule has 9 heteroatoms. The number of hydrogen-bond donors (Lipinski definition) is 0. The van der Waals surface area contributed by atoms with Crippen LogP contribution in [-0.2, 0) is 28.4 Å². The van der Waals surface area contributed by atoms with Crippen LogP contribution in [0.3, 0.4) is 0 Å². The van der Waals surface area contributed by atoms with Crippen molar-refractivity contribution >= 4 is 28.6 Å². The number of methoxy groups -OCH3 is 6. The Hall–Kier alpha value is 0.411. The monoisotopic (exact) mass is 594 g/mol. The molecule has 0 spiro atoms. The molecule has 0 aliphatic heterocycles. The Labute approximate surface area is 243 Å². The molecule has 0 unspecified atom stereocenters. The fourth-order valence-corrected chi connectivity index (χ4v) is 9.89. The van der Waals surface area contributed by atoms with Crippen LogP contribution in [0.5, 0.6) is 0 Å². The van der Waals surface area contributed by atoms with Crippen LogP contribution in [0, 0.1) is 5.41 Å². The van der Waals surface area contributed by atoms with Crippen molar-refractivity contribution < 1.29 is 28.4 Å². The summed E-state index contributed by atoms with van der Waals surface area (Å²) in [4.78, 5) is 0. The normalized spacial score (nSPS) is 14.7. The lowest BCUT2D eigenvalue weighted by atomic mass is 9.76. The first kappa shape index (κ1) is 38.4. The van der Waals surface area contributed by atoms with E-state index >= 15 is 0 Å². The van der Waals surface area contributed by atoms with Gasteiger partial charge in [0.2, 0.25) is 0 Å². The molecule has 6 nitrogen and oxygen atoms in total. The van der Waals surface area contributed by atoms with Gasteiger partial charge in [0.05, 0.1) is 28.6 Å². The van der Waals surface area contributed by atoms with E-state index in [2.05, 4.69) is 6.92 Å². The van der Waals surface area contributed by atoms with Crippen molar-refractivity contribution in [3.8, 4) is 0 Å². The smallest absolute Gasteiger partial charge is 0.134 e. The van der Waals surface area contributed by atoms with Crippen molar-refractivity contribution in [2.24, 2.45) is 5.41 Å². The number of unbranched alkanes of at least 4 members (excludes halogenated alkanes) is 9. The lowest BCUT2D eigenvalue weighted by Crippen LogP contribution is -2.21. The Kier molecular flexibility index (Phi) is 27.9. The summed E-state index contributed by atoms with van der Waals surface area (Å²) in [6, 6.07) is 4.00. The Morgan fingerprint density at radius 2 is 0.632 bits per heavy atom. The molecule has 0 heterocycles. The van der Waals surface area contributed by atoms with Gasteiger partial charge in [0, 0.05) is 42.7 Å². The van der Waals surface area contributed by atoms with E-state index < -0.39 is 0 Å². The zero-order valence-corrected chi connectivity index (χ0v) is 30.8. The number of hydrogen-bond acceptors (Lipinski definition) is 6. The summed E-state index contributed by atoms with van der Waals surface area (Å²) in [6.45, 7) is 2.59. The first-order chi connectivity index (χ1) is 18.5. The summed E-state index contributed by atoms with van der Waals surface area (Å²) < 4.78 is 32.2. The van der Waals surface area contributed by atoms with Gasteiger partial charge < -0.3 is 28.4 Å². The van der Waals surface area contributed by atoms with Gasteiger partial charge in [-0.3, -0.25) is 0 Å². The Balaban J connectivity index is 4.28. The highest BCUT2D eigenvalue weighted by Crippen LogP contribution is 2.37. The van der Waals surface area contributed by atoms with Gasteiger partial charge in [0.25, 0.3) is 0 Å². The van der Waals surface area contributed by atoms with Crippen molar-refractivity contribution in [2.45, 2.75) is 139 Å². The van der Waals surface area contributed by atoms with E-state index in [1.165, 1.54) is 114 Å². The molecule has 0 aromatic carbocycles. The van der Waals surface area contributed by atoms with E-state index in [0.717, 1.165) is 0 Å². The topological polar surface area (TPSA) is 55.4 Å². The maximum Gasteiger partial charge on any atom is 0.134 e. The van der Waals surface area contributed by atoms with Crippen LogP contribution in [0.2, 0.25) is 18.1 Å². The molecule has 0 amide bonds. The SMILES string of the molecule is COC(OC)[SiH2]CCCCCCC(C)(CCCCCC[SiH2]C(OC)OC)CCCCCC[SiH2]C(OC)OC. The molecule has 0 aliphatic carbocycles. The second kappa shape index (κ2) is 27.6. The highest BCUT2D eigenvalue weighted by atomic mass is 28.2. The van der Waals surface area contributed by atoms with Crippen LogP contribution in [-0.4, -0.2) is 89.0 Å². The van der Waals surface area contributed by atoms with E-state index in [1.54, 1.807) is 42.7 Å². The summed E-state index contributed by atoms with van der Waals surface area (Å²) in [5.74, 6) is 0.308. The molecule has 38 heavy (non-hydrogen) atoms. The van der Waals surface area contributed by atoms with Gasteiger partial charge in [-0.1, -0.05) is 102 Å². The molecule has 230 valence electrons. The highest BCUT2D eigenvalue weighted by molar-refractivity contribution is 6.37. The third-order valence-electron chi connectivity index (χ3n) is 8.24. The fraction of sp³-hybridized carbons (Fsp3) is 1.00. The van der Waals surface area contributed by atoms with Crippen LogP contribution in [0.15, 0.2) is 0 Å². The van der Waals surface area contributed by atoms with E-state index in [4.69, 9.17) is 28.4 Å². The molecule has 0 radical (unpaired) electrons. The van der Waals surface area contributed by atoms with Crippen LogP contribution in [0.1, 0.15) is 103 Å². The average molecular weight is 595 g/mol. The molecule has 0 N–H and O–H groups in total. The predicted octanol–water partition coefficient (Wildman–Crippen LogP) is 5.33. The Morgan fingerprint density at radius 3 is 0.868 bits per heavy atom. The maximum atomic E-state index is 5.37. The minimum Gasteiger partial charge on any atom is -0.360 e. The summed E-state index contributed by atoms with van der Waals surface area (Å²) in [5, 5.41) is 0. The lowest BCUT2D eigenvalue weighted by Gasteiger charge is -2.30. The first-order valence-corrected chi connectivity index (χ1v) is 21.1. The number of rotatable bonds is 30. The standard InChI is InChI=1S/C29H66O6Si3/c1-29(20-14-8-11-17-23-36-26(30-2)31-3,21-15-9-12-18-24-37-27(32-4)33-5)22-16-10-13-19-25-38-28(34-6)35-7/h26-28H,8-25,36-38H2,1-7H3. The Bertz CT molecular complexity index is 413. The zero-order chi connectivity index (χ0) is 28.3. The molecule has 0 aromatic rings. The molecule has 0 saturated heterocycles. The van der Waals surface area contributed by atoms with Crippen molar-refractivity contribution in [1.82, 2.24) is 0 Å². The van der Waals surface area contributed by atoms with Crippen molar-refractivity contribution in [3.05, 3.63) is 0 Å². The largest absolute Gasteiger partial charge is 0.360 e. The molecule has 0 aromatic heterocycles. The summed E-state index contributed by atoms with van der Waals surface area (Å²) >= 11 is 0. The van der Waals surface area contributed by atoms with E-state index in [-0.39, 0.29) is 46.3 Å². The van der Waals surface area contributed by atoms with Crippen LogP contribution >= 0.6 is 0 Å².